The van der Waals surface area contributed by atoms with Crippen LogP contribution in [0.4, 0.5) is 0 Å². The SMILES string of the molecule is CCn1c(=NC(=O)C=Cc2cccs2)sc2ccc(Cl)c(Cl)c21. The van der Waals surface area contributed by atoms with Crippen molar-refractivity contribution < 1.29 is 4.79 Å². The molecule has 0 fully saturated rings. The molecule has 2 aromatic heterocycles. The first-order valence-electron chi connectivity index (χ1n) is 6.87. The molecule has 0 unspecified atom stereocenters. The lowest BCUT2D eigenvalue weighted by atomic mass is 10.3. The van der Waals surface area contributed by atoms with Crippen molar-refractivity contribution in [3.63, 3.8) is 0 Å². The van der Waals surface area contributed by atoms with E-state index in [1.807, 2.05) is 35.1 Å². The Morgan fingerprint density at radius 2 is 2.17 bits per heavy atom. The average molecular weight is 383 g/mol. The van der Waals surface area contributed by atoms with E-state index in [0.717, 1.165) is 15.1 Å². The van der Waals surface area contributed by atoms with Crippen molar-refractivity contribution in [2.24, 2.45) is 4.99 Å². The van der Waals surface area contributed by atoms with Crippen LogP contribution in [-0.2, 0) is 11.3 Å². The van der Waals surface area contributed by atoms with Gasteiger partial charge in [0.05, 0.1) is 20.3 Å². The number of thiophene rings is 1. The monoisotopic (exact) mass is 382 g/mol. The second-order valence-corrected chi connectivity index (χ2v) is 7.41. The molecule has 0 N–H and O–H groups in total. The number of carbonyl (C=O) groups excluding carboxylic acids is 1. The van der Waals surface area contributed by atoms with E-state index in [1.165, 1.54) is 17.4 Å². The van der Waals surface area contributed by atoms with Gasteiger partial charge in [-0.2, -0.15) is 4.99 Å². The normalized spacial score (nSPS) is 12.6. The number of thiazole rings is 1. The van der Waals surface area contributed by atoms with Crippen LogP contribution >= 0.6 is 45.9 Å². The number of nitrogens with zero attached hydrogens (tertiary/aromatic N) is 2. The number of hydrogen-bond donors (Lipinski definition) is 0. The number of carbonyl (C=O) groups is 1. The molecule has 1 aromatic carbocycles. The molecule has 3 rings (SSSR count). The van der Waals surface area contributed by atoms with Crippen molar-refractivity contribution in [1.82, 2.24) is 4.57 Å². The summed E-state index contributed by atoms with van der Waals surface area (Å²) in [5, 5.41) is 2.95. The summed E-state index contributed by atoms with van der Waals surface area (Å²) in [5.41, 5.74) is 0.820. The maximum atomic E-state index is 12.1. The zero-order valence-electron chi connectivity index (χ0n) is 12.1. The van der Waals surface area contributed by atoms with Gasteiger partial charge < -0.3 is 4.57 Å². The van der Waals surface area contributed by atoms with Gasteiger partial charge in [-0.25, -0.2) is 0 Å². The Morgan fingerprint density at radius 3 is 2.87 bits per heavy atom. The fourth-order valence-corrected chi connectivity index (χ4v) is 4.35. The van der Waals surface area contributed by atoms with Crippen LogP contribution in [0.15, 0.2) is 40.7 Å². The maximum absolute atomic E-state index is 12.1. The van der Waals surface area contributed by atoms with E-state index in [-0.39, 0.29) is 5.91 Å². The number of hydrogen-bond acceptors (Lipinski definition) is 3. The fraction of sp³-hybridized carbons (Fsp3) is 0.125. The van der Waals surface area contributed by atoms with Crippen LogP contribution in [0.1, 0.15) is 11.8 Å². The van der Waals surface area contributed by atoms with Crippen LogP contribution in [-0.4, -0.2) is 10.5 Å². The van der Waals surface area contributed by atoms with Crippen LogP contribution in [0, 0.1) is 0 Å². The van der Waals surface area contributed by atoms with Crippen molar-refractivity contribution >= 4 is 68.1 Å². The molecular formula is C16H12Cl2N2OS2. The number of amides is 1. The van der Waals surface area contributed by atoms with Crippen LogP contribution in [0.2, 0.25) is 10.0 Å². The number of aryl methyl sites for hydroxylation is 1. The third-order valence-electron chi connectivity index (χ3n) is 3.19. The Hall–Kier alpha value is -1.40. The summed E-state index contributed by atoms with van der Waals surface area (Å²) in [4.78, 5) is 17.9. The Labute approximate surface area is 151 Å². The molecule has 0 aliphatic rings. The molecule has 0 radical (unpaired) electrons. The molecule has 0 atom stereocenters. The van der Waals surface area contributed by atoms with E-state index in [9.17, 15) is 4.79 Å². The predicted molar refractivity (Wildman–Crippen MR) is 99.4 cm³/mol. The summed E-state index contributed by atoms with van der Waals surface area (Å²) >= 11 is 15.4. The van der Waals surface area contributed by atoms with Gasteiger partial charge in [0.1, 0.15) is 0 Å². The van der Waals surface area contributed by atoms with Gasteiger partial charge >= 0.3 is 0 Å². The summed E-state index contributed by atoms with van der Waals surface area (Å²) in [6, 6.07) is 7.53. The smallest absolute Gasteiger partial charge is 0.272 e. The lowest BCUT2D eigenvalue weighted by Crippen LogP contribution is -2.15. The molecule has 2 heterocycles. The standard InChI is InChI=1S/C16H12Cl2N2OS2/c1-2-20-15-12(7-6-11(17)14(15)18)23-16(20)19-13(21)8-5-10-4-3-9-22-10/h3-9H,2H2,1H3. The van der Waals surface area contributed by atoms with Crippen LogP contribution < -0.4 is 4.80 Å². The van der Waals surface area contributed by atoms with Gasteiger partial charge in [-0.15, -0.1) is 11.3 Å². The summed E-state index contributed by atoms with van der Waals surface area (Å²) in [5.74, 6) is -0.297. The molecule has 0 aliphatic carbocycles. The molecule has 3 aromatic rings. The van der Waals surface area contributed by atoms with Gasteiger partial charge in [0.25, 0.3) is 5.91 Å². The lowest BCUT2D eigenvalue weighted by molar-refractivity contribution is -0.113. The quantitative estimate of drug-likeness (QED) is 0.570. The second-order valence-electron chi connectivity index (χ2n) is 4.64. The van der Waals surface area contributed by atoms with Crippen molar-refractivity contribution in [2.45, 2.75) is 13.5 Å². The highest BCUT2D eigenvalue weighted by atomic mass is 35.5. The van der Waals surface area contributed by atoms with Crippen molar-refractivity contribution in [2.75, 3.05) is 0 Å². The van der Waals surface area contributed by atoms with E-state index in [0.29, 0.717) is 21.4 Å². The minimum absolute atomic E-state index is 0.297. The Morgan fingerprint density at radius 1 is 1.35 bits per heavy atom. The number of halogens is 2. The van der Waals surface area contributed by atoms with Gasteiger partial charge in [-0.1, -0.05) is 40.6 Å². The first-order chi connectivity index (χ1) is 11.1. The molecule has 7 heteroatoms. The zero-order valence-corrected chi connectivity index (χ0v) is 15.3. The topological polar surface area (TPSA) is 34.4 Å². The van der Waals surface area contributed by atoms with Gasteiger partial charge in [-0.3, -0.25) is 4.79 Å². The highest BCUT2D eigenvalue weighted by Gasteiger charge is 2.12. The molecule has 23 heavy (non-hydrogen) atoms. The molecular weight excluding hydrogens is 371 g/mol. The minimum Gasteiger partial charge on any atom is -0.315 e. The van der Waals surface area contributed by atoms with E-state index < -0.39 is 0 Å². The predicted octanol–water partition coefficient (Wildman–Crippen LogP) is 5.23. The summed E-state index contributed by atoms with van der Waals surface area (Å²) in [6.07, 6.45) is 3.24. The van der Waals surface area contributed by atoms with E-state index in [2.05, 4.69) is 4.99 Å². The molecule has 3 nitrogen and oxygen atoms in total. The van der Waals surface area contributed by atoms with Crippen LogP contribution in [0.3, 0.4) is 0 Å². The van der Waals surface area contributed by atoms with Crippen LogP contribution in [0.25, 0.3) is 16.3 Å². The molecule has 0 spiro atoms. The molecule has 118 valence electrons. The number of rotatable bonds is 3. The van der Waals surface area contributed by atoms with Gasteiger partial charge in [0.15, 0.2) is 4.80 Å². The maximum Gasteiger partial charge on any atom is 0.272 e. The van der Waals surface area contributed by atoms with E-state index in [4.69, 9.17) is 23.2 Å². The van der Waals surface area contributed by atoms with Gasteiger partial charge in [-0.05, 0) is 36.6 Å². The molecule has 0 bridgehead atoms. The van der Waals surface area contributed by atoms with Crippen molar-refractivity contribution in [1.29, 1.82) is 0 Å². The zero-order chi connectivity index (χ0) is 16.4. The fourth-order valence-electron chi connectivity index (χ4n) is 2.15. The lowest BCUT2D eigenvalue weighted by Gasteiger charge is -2.03. The van der Waals surface area contributed by atoms with Gasteiger partial charge in [0, 0.05) is 17.5 Å². The number of aromatic nitrogens is 1. The highest BCUT2D eigenvalue weighted by molar-refractivity contribution is 7.16. The summed E-state index contributed by atoms with van der Waals surface area (Å²) in [6.45, 7) is 2.63. The average Bonchev–Trinajstić information content (AvgIpc) is 3.16. The minimum atomic E-state index is -0.297. The number of benzene rings is 1. The first kappa shape index (κ1) is 16.5. The molecule has 0 saturated heterocycles. The first-order valence-corrected chi connectivity index (χ1v) is 9.33. The summed E-state index contributed by atoms with van der Waals surface area (Å²) < 4.78 is 2.86. The van der Waals surface area contributed by atoms with Crippen LogP contribution in [0.5, 0.6) is 0 Å². The van der Waals surface area contributed by atoms with Crippen molar-refractivity contribution in [3.8, 4) is 0 Å². The second kappa shape index (κ2) is 7.01. The Bertz CT molecular complexity index is 953. The summed E-state index contributed by atoms with van der Waals surface area (Å²) in [7, 11) is 0. The molecule has 0 aliphatic heterocycles. The number of fused-ring (bicyclic) bond motifs is 1. The highest BCUT2D eigenvalue weighted by Crippen LogP contribution is 2.31. The van der Waals surface area contributed by atoms with E-state index in [1.54, 1.807) is 23.5 Å². The Balaban J connectivity index is 2.05. The third kappa shape index (κ3) is 3.43. The van der Waals surface area contributed by atoms with E-state index >= 15 is 0 Å². The third-order valence-corrected chi connectivity index (χ3v) is 5.86. The Kier molecular flexibility index (Phi) is 5.02. The van der Waals surface area contributed by atoms with Crippen molar-refractivity contribution in [3.05, 3.63) is 55.4 Å². The largest absolute Gasteiger partial charge is 0.315 e. The van der Waals surface area contributed by atoms with Gasteiger partial charge in [0.2, 0.25) is 0 Å². The molecule has 0 saturated carbocycles. The molecule has 1 amide bonds.